The molecule has 0 amide bonds. The minimum Gasteiger partial charge on any atom is -0.491 e. The van der Waals surface area contributed by atoms with Crippen molar-refractivity contribution in [3.8, 4) is 5.75 Å². The van der Waals surface area contributed by atoms with Crippen LogP contribution in [0.2, 0.25) is 0 Å². The predicted molar refractivity (Wildman–Crippen MR) is 80.9 cm³/mol. The Hall–Kier alpha value is -0.830. The summed E-state index contributed by atoms with van der Waals surface area (Å²) in [5, 5.41) is 3.57. The van der Waals surface area contributed by atoms with Crippen molar-refractivity contribution in [2.75, 3.05) is 23.4 Å². The molecule has 1 fully saturated rings. The number of hydrogen-bond donors (Lipinski definition) is 1. The molecule has 0 spiro atoms. The Bertz CT molecular complexity index is 386. The monoisotopic (exact) mass is 265 g/mol. The summed E-state index contributed by atoms with van der Waals surface area (Å²) in [5.41, 5.74) is 2.50. The number of rotatable bonds is 5. The maximum atomic E-state index is 5.70. The average Bonchev–Trinajstić information content (AvgIpc) is 2.80. The lowest BCUT2D eigenvalue weighted by atomic mass is 10.1. The molecule has 1 aromatic carbocycles. The smallest absolute Gasteiger partial charge is 0.120 e. The van der Waals surface area contributed by atoms with Gasteiger partial charge >= 0.3 is 0 Å². The highest BCUT2D eigenvalue weighted by Crippen LogP contribution is 2.26. The second-order valence-electron chi connectivity index (χ2n) is 5.25. The molecule has 100 valence electrons. The van der Waals surface area contributed by atoms with Crippen molar-refractivity contribution >= 4 is 17.4 Å². The van der Waals surface area contributed by atoms with E-state index in [1.165, 1.54) is 29.2 Å². The van der Waals surface area contributed by atoms with E-state index in [1.54, 1.807) is 0 Å². The van der Waals surface area contributed by atoms with E-state index in [9.17, 15) is 0 Å². The fourth-order valence-corrected chi connectivity index (χ4v) is 3.46. The van der Waals surface area contributed by atoms with E-state index in [2.05, 4.69) is 56.0 Å². The molecular formula is C15H23NOS. The van der Waals surface area contributed by atoms with Gasteiger partial charge in [-0.05, 0) is 68.4 Å². The van der Waals surface area contributed by atoms with Crippen LogP contribution in [0.3, 0.4) is 0 Å². The summed E-state index contributed by atoms with van der Waals surface area (Å²) in [6, 6.07) is 6.31. The van der Waals surface area contributed by atoms with Gasteiger partial charge in [0, 0.05) is 12.2 Å². The van der Waals surface area contributed by atoms with Crippen LogP contribution in [0.5, 0.6) is 5.75 Å². The van der Waals surface area contributed by atoms with Crippen LogP contribution >= 0.6 is 11.8 Å². The molecule has 0 bridgehead atoms. The maximum absolute atomic E-state index is 5.70. The standard InChI is InChI=1S/C15H23NOS/c1-11(2)17-14-4-5-15(12(3)8-14)16-9-13-6-7-18-10-13/h4-5,8,11,13,16H,6-7,9-10H2,1-3H3. The number of thioether (sulfide) groups is 1. The van der Waals surface area contributed by atoms with Crippen molar-refractivity contribution in [3.05, 3.63) is 23.8 Å². The first-order chi connectivity index (χ1) is 8.65. The van der Waals surface area contributed by atoms with E-state index >= 15 is 0 Å². The summed E-state index contributed by atoms with van der Waals surface area (Å²) in [6.45, 7) is 7.34. The fraction of sp³-hybridized carbons (Fsp3) is 0.600. The minimum atomic E-state index is 0.235. The van der Waals surface area contributed by atoms with Crippen molar-refractivity contribution < 1.29 is 4.74 Å². The van der Waals surface area contributed by atoms with Gasteiger partial charge in [0.25, 0.3) is 0 Å². The van der Waals surface area contributed by atoms with Crippen LogP contribution in [0.1, 0.15) is 25.8 Å². The highest BCUT2D eigenvalue weighted by atomic mass is 32.2. The number of aryl methyl sites for hydroxylation is 1. The van der Waals surface area contributed by atoms with Crippen LogP contribution < -0.4 is 10.1 Å². The summed E-state index contributed by atoms with van der Waals surface area (Å²) < 4.78 is 5.70. The summed E-state index contributed by atoms with van der Waals surface area (Å²) >= 11 is 2.07. The van der Waals surface area contributed by atoms with Crippen LogP contribution in [0, 0.1) is 12.8 Å². The molecule has 0 aromatic heterocycles. The molecule has 2 nitrogen and oxygen atoms in total. The molecule has 1 aromatic rings. The highest BCUT2D eigenvalue weighted by Gasteiger charge is 2.15. The van der Waals surface area contributed by atoms with Gasteiger partial charge in [0.1, 0.15) is 5.75 Å². The summed E-state index contributed by atoms with van der Waals surface area (Å²) in [7, 11) is 0. The first-order valence-electron chi connectivity index (χ1n) is 6.74. The molecule has 18 heavy (non-hydrogen) atoms. The Balaban J connectivity index is 1.92. The topological polar surface area (TPSA) is 21.3 Å². The van der Waals surface area contributed by atoms with Gasteiger partial charge < -0.3 is 10.1 Å². The first kappa shape index (κ1) is 13.6. The molecule has 3 heteroatoms. The van der Waals surface area contributed by atoms with Gasteiger partial charge in [-0.1, -0.05) is 0 Å². The van der Waals surface area contributed by atoms with E-state index in [1.807, 2.05) is 0 Å². The normalized spacial score (nSPS) is 19.2. The van der Waals surface area contributed by atoms with E-state index < -0.39 is 0 Å². The van der Waals surface area contributed by atoms with Gasteiger partial charge in [-0.25, -0.2) is 0 Å². The highest BCUT2D eigenvalue weighted by molar-refractivity contribution is 7.99. The number of ether oxygens (including phenoxy) is 1. The maximum Gasteiger partial charge on any atom is 0.120 e. The minimum absolute atomic E-state index is 0.235. The van der Waals surface area contributed by atoms with Crippen LogP contribution in [-0.4, -0.2) is 24.2 Å². The largest absolute Gasteiger partial charge is 0.491 e. The van der Waals surface area contributed by atoms with Gasteiger partial charge in [-0.3, -0.25) is 0 Å². The fourth-order valence-electron chi connectivity index (χ4n) is 2.18. The van der Waals surface area contributed by atoms with Gasteiger partial charge in [-0.15, -0.1) is 0 Å². The lowest BCUT2D eigenvalue weighted by Crippen LogP contribution is -2.14. The molecular weight excluding hydrogens is 242 g/mol. The van der Waals surface area contributed by atoms with E-state index in [0.717, 1.165) is 18.2 Å². The molecule has 2 rings (SSSR count). The summed E-state index contributed by atoms with van der Waals surface area (Å²) in [4.78, 5) is 0. The quantitative estimate of drug-likeness (QED) is 0.871. The SMILES string of the molecule is Cc1cc(OC(C)C)ccc1NCC1CCSC1. The Morgan fingerprint density at radius 1 is 1.44 bits per heavy atom. The van der Waals surface area contributed by atoms with Crippen LogP contribution in [0.4, 0.5) is 5.69 Å². The van der Waals surface area contributed by atoms with Crippen LogP contribution in [0.15, 0.2) is 18.2 Å². The van der Waals surface area contributed by atoms with Crippen molar-refractivity contribution in [3.63, 3.8) is 0 Å². The number of nitrogens with one attached hydrogen (secondary N) is 1. The van der Waals surface area contributed by atoms with Crippen molar-refractivity contribution in [1.29, 1.82) is 0 Å². The van der Waals surface area contributed by atoms with Gasteiger partial charge in [0.15, 0.2) is 0 Å². The predicted octanol–water partition coefficient (Wildman–Crippen LogP) is 3.95. The third-order valence-corrected chi connectivity index (χ3v) is 4.41. The Morgan fingerprint density at radius 2 is 2.28 bits per heavy atom. The summed E-state index contributed by atoms with van der Waals surface area (Å²) in [5.74, 6) is 4.43. The zero-order valence-corrected chi connectivity index (χ0v) is 12.3. The molecule has 0 aliphatic carbocycles. The zero-order valence-electron chi connectivity index (χ0n) is 11.5. The molecule has 1 N–H and O–H groups in total. The molecule has 1 heterocycles. The molecule has 1 unspecified atom stereocenters. The Labute approximate surface area is 114 Å². The second kappa shape index (κ2) is 6.37. The molecule has 0 saturated carbocycles. The van der Waals surface area contributed by atoms with Crippen molar-refractivity contribution in [2.24, 2.45) is 5.92 Å². The Morgan fingerprint density at radius 3 is 2.89 bits per heavy atom. The van der Waals surface area contributed by atoms with Gasteiger partial charge in [-0.2, -0.15) is 11.8 Å². The zero-order chi connectivity index (χ0) is 13.0. The number of hydrogen-bond acceptors (Lipinski definition) is 3. The average molecular weight is 265 g/mol. The number of anilines is 1. The third-order valence-electron chi connectivity index (χ3n) is 3.17. The van der Waals surface area contributed by atoms with Crippen molar-refractivity contribution in [1.82, 2.24) is 0 Å². The van der Waals surface area contributed by atoms with Crippen LogP contribution in [-0.2, 0) is 0 Å². The van der Waals surface area contributed by atoms with E-state index in [4.69, 9.17) is 4.74 Å². The van der Waals surface area contributed by atoms with Crippen molar-refractivity contribution in [2.45, 2.75) is 33.3 Å². The molecule has 1 aliphatic heterocycles. The van der Waals surface area contributed by atoms with E-state index in [0.29, 0.717) is 0 Å². The van der Waals surface area contributed by atoms with Gasteiger partial charge in [0.05, 0.1) is 6.10 Å². The lowest BCUT2D eigenvalue weighted by Gasteiger charge is -2.15. The van der Waals surface area contributed by atoms with E-state index in [-0.39, 0.29) is 6.10 Å². The molecule has 1 aliphatic rings. The molecule has 1 atom stereocenters. The molecule has 0 radical (unpaired) electrons. The Kier molecular flexibility index (Phi) is 4.81. The third kappa shape index (κ3) is 3.84. The molecule has 1 saturated heterocycles. The number of benzene rings is 1. The van der Waals surface area contributed by atoms with Gasteiger partial charge in [0.2, 0.25) is 0 Å². The second-order valence-corrected chi connectivity index (χ2v) is 6.40. The first-order valence-corrected chi connectivity index (χ1v) is 7.89. The van der Waals surface area contributed by atoms with Crippen LogP contribution in [0.25, 0.3) is 0 Å². The lowest BCUT2D eigenvalue weighted by molar-refractivity contribution is 0.242. The summed E-state index contributed by atoms with van der Waals surface area (Å²) in [6.07, 6.45) is 1.59.